The highest BCUT2D eigenvalue weighted by atomic mass is 35.5. The molecule has 1 N–H and O–H groups in total. The van der Waals surface area contributed by atoms with E-state index in [1.54, 1.807) is 0 Å². The fourth-order valence-corrected chi connectivity index (χ4v) is 3.02. The summed E-state index contributed by atoms with van der Waals surface area (Å²) in [5.41, 5.74) is 2.53. The summed E-state index contributed by atoms with van der Waals surface area (Å²) in [6.45, 7) is 7.22. The lowest BCUT2D eigenvalue weighted by Gasteiger charge is -2.34. The largest absolute Gasteiger partial charge is 0.340 e. The van der Waals surface area contributed by atoms with E-state index in [2.05, 4.69) is 48.3 Å². The lowest BCUT2D eigenvalue weighted by molar-refractivity contribution is -0.134. The molecule has 0 spiro atoms. The van der Waals surface area contributed by atoms with Crippen molar-refractivity contribution >= 4 is 18.3 Å². The number of amides is 1. The Morgan fingerprint density at radius 3 is 2.45 bits per heavy atom. The van der Waals surface area contributed by atoms with Crippen LogP contribution in [0.5, 0.6) is 0 Å². The third-order valence-corrected chi connectivity index (χ3v) is 4.28. The second-order valence-electron chi connectivity index (χ2n) is 6.05. The molecular formula is C18H29ClN2O. The van der Waals surface area contributed by atoms with Crippen molar-refractivity contribution in [1.29, 1.82) is 0 Å². The summed E-state index contributed by atoms with van der Waals surface area (Å²) in [6.07, 6.45) is 4.71. The van der Waals surface area contributed by atoms with Gasteiger partial charge in [-0.05, 0) is 51.3 Å². The molecule has 1 fully saturated rings. The van der Waals surface area contributed by atoms with Crippen LogP contribution in [0.2, 0.25) is 0 Å². The molecule has 22 heavy (non-hydrogen) atoms. The van der Waals surface area contributed by atoms with Crippen molar-refractivity contribution in [2.75, 3.05) is 19.6 Å². The van der Waals surface area contributed by atoms with Gasteiger partial charge in [0.15, 0.2) is 0 Å². The van der Waals surface area contributed by atoms with Crippen LogP contribution in [-0.2, 0) is 11.2 Å². The number of aryl methyl sites for hydroxylation is 2. The highest BCUT2D eigenvalue weighted by Gasteiger charge is 2.24. The Hall–Kier alpha value is -1.06. The van der Waals surface area contributed by atoms with Crippen LogP contribution in [0.25, 0.3) is 0 Å². The van der Waals surface area contributed by atoms with Gasteiger partial charge < -0.3 is 10.2 Å². The van der Waals surface area contributed by atoms with Gasteiger partial charge in [-0.25, -0.2) is 0 Å². The van der Waals surface area contributed by atoms with Crippen LogP contribution in [0.15, 0.2) is 24.3 Å². The number of halogens is 1. The third kappa shape index (κ3) is 5.62. The number of hydrogen-bond acceptors (Lipinski definition) is 2. The fraction of sp³-hybridized carbons (Fsp3) is 0.611. The second-order valence-corrected chi connectivity index (χ2v) is 6.05. The van der Waals surface area contributed by atoms with Crippen LogP contribution in [0.1, 0.15) is 43.7 Å². The molecule has 1 aliphatic rings. The topological polar surface area (TPSA) is 32.3 Å². The minimum atomic E-state index is 0. The van der Waals surface area contributed by atoms with E-state index in [-0.39, 0.29) is 12.4 Å². The van der Waals surface area contributed by atoms with Crippen molar-refractivity contribution in [2.24, 2.45) is 0 Å². The zero-order valence-corrected chi connectivity index (χ0v) is 14.6. The summed E-state index contributed by atoms with van der Waals surface area (Å²) >= 11 is 0. The number of rotatable bonds is 6. The zero-order chi connectivity index (χ0) is 15.1. The molecule has 1 aromatic rings. The molecule has 0 unspecified atom stereocenters. The monoisotopic (exact) mass is 324 g/mol. The van der Waals surface area contributed by atoms with Gasteiger partial charge >= 0.3 is 0 Å². The van der Waals surface area contributed by atoms with E-state index in [1.165, 1.54) is 11.1 Å². The van der Waals surface area contributed by atoms with Crippen molar-refractivity contribution in [3.8, 4) is 0 Å². The van der Waals surface area contributed by atoms with E-state index < -0.39 is 0 Å². The SMILES string of the molecule is CCCN(C(=O)CCc1ccc(C)cc1)C1CCNCC1.Cl. The molecule has 0 aliphatic carbocycles. The molecule has 124 valence electrons. The molecule has 1 heterocycles. The standard InChI is InChI=1S/C18H28N2O.ClH/c1-3-14-20(17-10-12-19-13-11-17)18(21)9-8-16-6-4-15(2)5-7-16;/h4-7,17,19H,3,8-14H2,1-2H3;1H. The number of nitrogens with one attached hydrogen (secondary N) is 1. The Bertz CT molecular complexity index is 441. The van der Waals surface area contributed by atoms with Crippen molar-refractivity contribution in [3.63, 3.8) is 0 Å². The Morgan fingerprint density at radius 2 is 1.86 bits per heavy atom. The molecule has 0 bridgehead atoms. The fourth-order valence-electron chi connectivity index (χ4n) is 3.02. The van der Waals surface area contributed by atoms with Crippen LogP contribution in [-0.4, -0.2) is 36.5 Å². The second kappa shape index (κ2) is 9.86. The molecule has 1 saturated heterocycles. The summed E-state index contributed by atoms with van der Waals surface area (Å²) in [6, 6.07) is 8.96. The van der Waals surface area contributed by atoms with Crippen LogP contribution >= 0.6 is 12.4 Å². The van der Waals surface area contributed by atoms with Gasteiger partial charge in [0.25, 0.3) is 0 Å². The number of benzene rings is 1. The van der Waals surface area contributed by atoms with Crippen molar-refractivity contribution in [2.45, 2.75) is 52.0 Å². The molecule has 1 amide bonds. The zero-order valence-electron chi connectivity index (χ0n) is 13.8. The van der Waals surface area contributed by atoms with Crippen molar-refractivity contribution < 1.29 is 4.79 Å². The number of carbonyl (C=O) groups excluding carboxylic acids is 1. The Kier molecular flexibility index (Phi) is 8.51. The van der Waals surface area contributed by atoms with Gasteiger partial charge in [0.05, 0.1) is 0 Å². The van der Waals surface area contributed by atoms with Gasteiger partial charge in [-0.2, -0.15) is 0 Å². The minimum absolute atomic E-state index is 0. The number of nitrogens with zero attached hydrogens (tertiary/aromatic N) is 1. The molecule has 1 aliphatic heterocycles. The van der Waals surface area contributed by atoms with Gasteiger partial charge in [-0.15, -0.1) is 12.4 Å². The average Bonchev–Trinajstić information content (AvgIpc) is 2.52. The maximum absolute atomic E-state index is 12.6. The van der Waals surface area contributed by atoms with E-state index in [9.17, 15) is 4.79 Å². The first-order valence-corrected chi connectivity index (χ1v) is 8.26. The number of hydrogen-bond donors (Lipinski definition) is 1. The summed E-state index contributed by atoms with van der Waals surface area (Å²) < 4.78 is 0. The van der Waals surface area contributed by atoms with Gasteiger partial charge in [0, 0.05) is 19.0 Å². The molecular weight excluding hydrogens is 296 g/mol. The van der Waals surface area contributed by atoms with Crippen LogP contribution in [0.4, 0.5) is 0 Å². The lowest BCUT2D eigenvalue weighted by Crippen LogP contribution is -2.46. The molecule has 2 rings (SSSR count). The van der Waals surface area contributed by atoms with E-state index >= 15 is 0 Å². The Labute approximate surface area is 140 Å². The number of piperidine rings is 1. The van der Waals surface area contributed by atoms with Crippen LogP contribution in [0, 0.1) is 6.92 Å². The van der Waals surface area contributed by atoms with E-state index in [1.807, 2.05) is 0 Å². The van der Waals surface area contributed by atoms with Crippen molar-refractivity contribution in [1.82, 2.24) is 10.2 Å². The van der Waals surface area contributed by atoms with Crippen LogP contribution < -0.4 is 5.32 Å². The summed E-state index contributed by atoms with van der Waals surface area (Å²) in [4.78, 5) is 14.7. The van der Waals surface area contributed by atoms with E-state index in [0.29, 0.717) is 18.4 Å². The van der Waals surface area contributed by atoms with E-state index in [0.717, 1.165) is 45.3 Å². The quantitative estimate of drug-likeness (QED) is 0.870. The molecule has 0 aromatic heterocycles. The highest BCUT2D eigenvalue weighted by Crippen LogP contribution is 2.15. The molecule has 0 atom stereocenters. The summed E-state index contributed by atoms with van der Waals surface area (Å²) in [5.74, 6) is 0.323. The van der Waals surface area contributed by atoms with Gasteiger partial charge in [-0.3, -0.25) is 4.79 Å². The minimum Gasteiger partial charge on any atom is -0.340 e. The first-order valence-electron chi connectivity index (χ1n) is 8.26. The van der Waals surface area contributed by atoms with E-state index in [4.69, 9.17) is 0 Å². The first kappa shape index (κ1) is 19.0. The van der Waals surface area contributed by atoms with Gasteiger partial charge in [0.1, 0.15) is 0 Å². The predicted octanol–water partition coefficient (Wildman–Crippen LogP) is 3.34. The molecule has 0 saturated carbocycles. The third-order valence-electron chi connectivity index (χ3n) is 4.28. The van der Waals surface area contributed by atoms with Gasteiger partial charge in [0.2, 0.25) is 5.91 Å². The Balaban J connectivity index is 0.00000242. The Morgan fingerprint density at radius 1 is 1.23 bits per heavy atom. The first-order chi connectivity index (χ1) is 10.2. The lowest BCUT2D eigenvalue weighted by atomic mass is 10.0. The molecule has 3 nitrogen and oxygen atoms in total. The molecule has 0 radical (unpaired) electrons. The van der Waals surface area contributed by atoms with Crippen molar-refractivity contribution in [3.05, 3.63) is 35.4 Å². The predicted molar refractivity (Wildman–Crippen MR) is 94.6 cm³/mol. The number of carbonyl (C=O) groups is 1. The smallest absolute Gasteiger partial charge is 0.223 e. The average molecular weight is 325 g/mol. The molecule has 4 heteroatoms. The maximum Gasteiger partial charge on any atom is 0.223 e. The molecule has 1 aromatic carbocycles. The maximum atomic E-state index is 12.6. The highest BCUT2D eigenvalue weighted by molar-refractivity contribution is 5.85. The van der Waals surface area contributed by atoms with Crippen LogP contribution in [0.3, 0.4) is 0 Å². The summed E-state index contributed by atoms with van der Waals surface area (Å²) in [5, 5.41) is 3.38. The normalized spacial score (nSPS) is 15.2. The van der Waals surface area contributed by atoms with Gasteiger partial charge in [-0.1, -0.05) is 36.8 Å². The summed E-state index contributed by atoms with van der Waals surface area (Å²) in [7, 11) is 0.